The fraction of sp³-hybridized carbons (Fsp3) is 0.350. The molecule has 0 saturated carbocycles. The lowest BCUT2D eigenvalue weighted by Gasteiger charge is -2.35. The molecule has 1 amide bonds. The summed E-state index contributed by atoms with van der Waals surface area (Å²) < 4.78 is 0. The smallest absolute Gasteiger partial charge is 0.230 e. The molecular weight excluding hydrogens is 284 g/mol. The minimum absolute atomic E-state index is 0.0954. The summed E-state index contributed by atoms with van der Waals surface area (Å²) in [4.78, 5) is 17.4. The molecule has 3 heteroatoms. The van der Waals surface area contributed by atoms with Crippen molar-refractivity contribution in [2.45, 2.75) is 12.3 Å². The molecule has 1 aliphatic rings. The highest BCUT2D eigenvalue weighted by molar-refractivity contribution is 5.84. The van der Waals surface area contributed by atoms with Gasteiger partial charge in [-0.3, -0.25) is 4.79 Å². The number of carbonyl (C=O) groups is 1. The van der Waals surface area contributed by atoms with Gasteiger partial charge in [0.2, 0.25) is 5.91 Å². The van der Waals surface area contributed by atoms with Gasteiger partial charge in [-0.25, -0.2) is 0 Å². The van der Waals surface area contributed by atoms with Crippen LogP contribution in [0.1, 0.15) is 17.0 Å². The van der Waals surface area contributed by atoms with E-state index in [2.05, 4.69) is 36.2 Å². The highest BCUT2D eigenvalue weighted by atomic mass is 16.2. The van der Waals surface area contributed by atoms with Gasteiger partial charge in [-0.2, -0.15) is 0 Å². The molecular formula is C20H24N2O. The second-order valence-corrected chi connectivity index (χ2v) is 6.28. The number of likely N-dealkylation sites (N-methyl/N-ethyl adjacent to an activating group) is 1. The number of rotatable bonds is 4. The van der Waals surface area contributed by atoms with Gasteiger partial charge in [-0.1, -0.05) is 60.7 Å². The summed E-state index contributed by atoms with van der Waals surface area (Å²) in [6.45, 7) is 3.57. The molecule has 23 heavy (non-hydrogen) atoms. The lowest BCUT2D eigenvalue weighted by atomic mass is 9.90. The SMILES string of the molecule is CN1CCN(C(=O)[C@@H](Cc2ccccc2)c2ccccc2)CC1. The summed E-state index contributed by atoms with van der Waals surface area (Å²) in [6, 6.07) is 20.5. The Hall–Kier alpha value is -2.13. The number of amides is 1. The molecule has 2 aromatic carbocycles. The molecule has 0 bridgehead atoms. The van der Waals surface area contributed by atoms with Gasteiger partial charge < -0.3 is 9.80 Å². The fourth-order valence-corrected chi connectivity index (χ4v) is 3.13. The number of hydrogen-bond donors (Lipinski definition) is 0. The molecule has 1 fully saturated rings. The average molecular weight is 308 g/mol. The Morgan fingerprint density at radius 1 is 0.913 bits per heavy atom. The molecule has 1 heterocycles. The zero-order chi connectivity index (χ0) is 16.1. The van der Waals surface area contributed by atoms with E-state index in [1.165, 1.54) is 5.56 Å². The highest BCUT2D eigenvalue weighted by Crippen LogP contribution is 2.24. The van der Waals surface area contributed by atoms with E-state index in [4.69, 9.17) is 0 Å². The molecule has 0 unspecified atom stereocenters. The average Bonchev–Trinajstić information content (AvgIpc) is 2.61. The monoisotopic (exact) mass is 308 g/mol. The molecule has 0 aromatic heterocycles. The summed E-state index contributed by atoms with van der Waals surface area (Å²) in [5, 5.41) is 0. The van der Waals surface area contributed by atoms with Gasteiger partial charge in [-0.05, 0) is 24.6 Å². The summed E-state index contributed by atoms with van der Waals surface area (Å²) in [7, 11) is 2.11. The maximum absolute atomic E-state index is 13.1. The van der Waals surface area contributed by atoms with E-state index in [-0.39, 0.29) is 11.8 Å². The predicted molar refractivity (Wildman–Crippen MR) is 93.4 cm³/mol. The third-order valence-corrected chi connectivity index (χ3v) is 4.60. The second-order valence-electron chi connectivity index (χ2n) is 6.28. The molecule has 0 N–H and O–H groups in total. The third kappa shape index (κ3) is 3.99. The van der Waals surface area contributed by atoms with Gasteiger partial charge in [0.15, 0.2) is 0 Å². The summed E-state index contributed by atoms with van der Waals surface area (Å²) in [6.07, 6.45) is 0.760. The van der Waals surface area contributed by atoms with Crippen LogP contribution in [0.15, 0.2) is 60.7 Å². The Bertz CT molecular complexity index is 619. The maximum atomic E-state index is 13.1. The van der Waals surface area contributed by atoms with Crippen LogP contribution < -0.4 is 0 Å². The lowest BCUT2D eigenvalue weighted by Crippen LogP contribution is -2.48. The zero-order valence-electron chi connectivity index (χ0n) is 13.7. The van der Waals surface area contributed by atoms with Gasteiger partial charge >= 0.3 is 0 Å². The first-order valence-corrected chi connectivity index (χ1v) is 8.30. The topological polar surface area (TPSA) is 23.6 Å². The Balaban J connectivity index is 1.81. The van der Waals surface area contributed by atoms with Crippen molar-refractivity contribution in [3.05, 3.63) is 71.8 Å². The predicted octanol–water partition coefficient (Wildman–Crippen LogP) is 2.79. The van der Waals surface area contributed by atoms with Crippen molar-refractivity contribution in [1.82, 2.24) is 9.80 Å². The summed E-state index contributed by atoms with van der Waals surface area (Å²) in [5.41, 5.74) is 2.32. The van der Waals surface area contributed by atoms with Crippen molar-refractivity contribution in [3.8, 4) is 0 Å². The van der Waals surface area contributed by atoms with E-state index < -0.39 is 0 Å². The molecule has 3 rings (SSSR count). The molecule has 0 radical (unpaired) electrons. The van der Waals surface area contributed by atoms with Gasteiger partial charge in [0.05, 0.1) is 5.92 Å². The highest BCUT2D eigenvalue weighted by Gasteiger charge is 2.27. The molecule has 1 saturated heterocycles. The quantitative estimate of drug-likeness (QED) is 0.867. The Morgan fingerprint density at radius 2 is 1.48 bits per heavy atom. The van der Waals surface area contributed by atoms with Gasteiger partial charge in [-0.15, -0.1) is 0 Å². The molecule has 2 aromatic rings. The number of carbonyl (C=O) groups excluding carboxylic acids is 1. The third-order valence-electron chi connectivity index (χ3n) is 4.60. The lowest BCUT2D eigenvalue weighted by molar-refractivity contribution is -0.134. The first-order chi connectivity index (χ1) is 11.2. The van der Waals surface area contributed by atoms with E-state index in [0.29, 0.717) is 0 Å². The van der Waals surface area contributed by atoms with Crippen molar-refractivity contribution in [3.63, 3.8) is 0 Å². The van der Waals surface area contributed by atoms with Crippen molar-refractivity contribution in [1.29, 1.82) is 0 Å². The van der Waals surface area contributed by atoms with Crippen molar-refractivity contribution >= 4 is 5.91 Å². The second kappa shape index (κ2) is 7.42. The molecule has 1 atom stereocenters. The van der Waals surface area contributed by atoms with Crippen LogP contribution in [0.25, 0.3) is 0 Å². The van der Waals surface area contributed by atoms with Crippen LogP contribution >= 0.6 is 0 Å². The molecule has 0 aliphatic carbocycles. The first-order valence-electron chi connectivity index (χ1n) is 8.30. The van der Waals surface area contributed by atoms with Crippen LogP contribution in [0.3, 0.4) is 0 Å². The summed E-state index contributed by atoms with van der Waals surface area (Å²) >= 11 is 0. The molecule has 1 aliphatic heterocycles. The van der Waals surface area contributed by atoms with Crippen LogP contribution in [-0.4, -0.2) is 48.9 Å². The van der Waals surface area contributed by atoms with Crippen LogP contribution in [0.2, 0.25) is 0 Å². The van der Waals surface area contributed by atoms with E-state index in [9.17, 15) is 4.79 Å². The minimum Gasteiger partial charge on any atom is -0.340 e. The Labute approximate surface area is 138 Å². The van der Waals surface area contributed by atoms with E-state index >= 15 is 0 Å². The van der Waals surface area contributed by atoms with Crippen LogP contribution in [0.5, 0.6) is 0 Å². The van der Waals surface area contributed by atoms with Crippen LogP contribution in [0, 0.1) is 0 Å². The van der Waals surface area contributed by atoms with E-state index in [1.807, 2.05) is 41.3 Å². The van der Waals surface area contributed by atoms with Crippen LogP contribution in [0.4, 0.5) is 0 Å². The van der Waals surface area contributed by atoms with Crippen LogP contribution in [-0.2, 0) is 11.2 Å². The first kappa shape index (κ1) is 15.8. The number of hydrogen-bond acceptors (Lipinski definition) is 2. The Morgan fingerprint density at radius 3 is 2.09 bits per heavy atom. The van der Waals surface area contributed by atoms with Crippen molar-refractivity contribution < 1.29 is 4.79 Å². The van der Waals surface area contributed by atoms with E-state index in [1.54, 1.807) is 0 Å². The Kier molecular flexibility index (Phi) is 5.09. The van der Waals surface area contributed by atoms with Gasteiger partial charge in [0, 0.05) is 26.2 Å². The number of benzene rings is 2. The van der Waals surface area contributed by atoms with Gasteiger partial charge in [0.25, 0.3) is 0 Å². The zero-order valence-corrected chi connectivity index (χ0v) is 13.7. The molecule has 3 nitrogen and oxygen atoms in total. The van der Waals surface area contributed by atoms with Crippen molar-refractivity contribution in [2.75, 3.05) is 33.2 Å². The standard InChI is InChI=1S/C20H24N2O/c1-21-12-14-22(15-13-21)20(23)19(18-10-6-3-7-11-18)16-17-8-4-2-5-9-17/h2-11,19H,12-16H2,1H3/t19-/m0/s1. The van der Waals surface area contributed by atoms with Gasteiger partial charge in [0.1, 0.15) is 0 Å². The molecule has 120 valence electrons. The summed E-state index contributed by atoms with van der Waals surface area (Å²) in [5.74, 6) is 0.162. The minimum atomic E-state index is -0.0954. The maximum Gasteiger partial charge on any atom is 0.230 e. The molecule has 0 spiro atoms. The number of piperazine rings is 1. The number of nitrogens with zero attached hydrogens (tertiary/aromatic N) is 2. The van der Waals surface area contributed by atoms with Crippen molar-refractivity contribution in [2.24, 2.45) is 0 Å². The van der Waals surface area contributed by atoms with E-state index in [0.717, 1.165) is 38.2 Å². The normalized spacial score (nSPS) is 17.0. The largest absolute Gasteiger partial charge is 0.340 e. The fourth-order valence-electron chi connectivity index (χ4n) is 3.13.